The molecule has 1 nitrogen and oxygen atoms in total. The van der Waals surface area contributed by atoms with Gasteiger partial charge in [-0.25, -0.2) is 4.39 Å². The van der Waals surface area contributed by atoms with Crippen molar-refractivity contribution in [3.05, 3.63) is 84.2 Å². The molecule has 3 aromatic rings. The largest absolute Gasteiger partial charge is 0.373 e. The fourth-order valence-electron chi connectivity index (χ4n) is 4.37. The molecular weight excluding hydrogens is 371 g/mol. The lowest BCUT2D eigenvalue weighted by atomic mass is 9.90. The van der Waals surface area contributed by atoms with Gasteiger partial charge in [0, 0.05) is 0 Å². The van der Waals surface area contributed by atoms with Crippen LogP contribution in [-0.2, 0) is 4.74 Å². The molecule has 0 aliphatic carbocycles. The first-order chi connectivity index (χ1) is 14.7. The molecule has 0 radical (unpaired) electrons. The lowest BCUT2D eigenvalue weighted by molar-refractivity contribution is -0.0198. The molecule has 4 rings (SSSR count). The number of hydrogen-bond acceptors (Lipinski definition) is 1. The van der Waals surface area contributed by atoms with Crippen LogP contribution in [0.4, 0.5) is 4.39 Å². The SMILES string of the molecule is CCCCCC1CCC(c2ccc(-c3ccc(-c4ccc(F)cc4)cc3)cc2)OC1. The zero-order valence-electron chi connectivity index (χ0n) is 17.8. The molecule has 1 heterocycles. The Labute approximate surface area is 179 Å². The highest BCUT2D eigenvalue weighted by Crippen LogP contribution is 2.34. The molecule has 2 atom stereocenters. The van der Waals surface area contributed by atoms with E-state index in [0.717, 1.165) is 30.1 Å². The van der Waals surface area contributed by atoms with Gasteiger partial charge >= 0.3 is 0 Å². The summed E-state index contributed by atoms with van der Waals surface area (Å²) in [6, 6.07) is 23.9. The zero-order valence-corrected chi connectivity index (χ0v) is 17.8. The van der Waals surface area contributed by atoms with E-state index in [2.05, 4.69) is 55.5 Å². The van der Waals surface area contributed by atoms with Gasteiger partial charge in [-0.3, -0.25) is 0 Å². The maximum absolute atomic E-state index is 13.1. The van der Waals surface area contributed by atoms with E-state index in [4.69, 9.17) is 4.74 Å². The van der Waals surface area contributed by atoms with Crippen LogP contribution in [-0.4, -0.2) is 6.61 Å². The second-order valence-corrected chi connectivity index (χ2v) is 8.47. The first-order valence-electron chi connectivity index (χ1n) is 11.3. The second-order valence-electron chi connectivity index (χ2n) is 8.47. The molecule has 3 aromatic carbocycles. The van der Waals surface area contributed by atoms with E-state index in [1.54, 1.807) is 0 Å². The third-order valence-corrected chi connectivity index (χ3v) is 6.26. The Hall–Kier alpha value is -2.45. The van der Waals surface area contributed by atoms with Gasteiger partial charge in [0.25, 0.3) is 0 Å². The van der Waals surface area contributed by atoms with E-state index in [-0.39, 0.29) is 11.9 Å². The molecule has 30 heavy (non-hydrogen) atoms. The molecule has 156 valence electrons. The Kier molecular flexibility index (Phi) is 6.96. The van der Waals surface area contributed by atoms with Crippen LogP contribution in [0.5, 0.6) is 0 Å². The lowest BCUT2D eigenvalue weighted by Gasteiger charge is -2.29. The van der Waals surface area contributed by atoms with Crippen molar-refractivity contribution in [1.29, 1.82) is 0 Å². The van der Waals surface area contributed by atoms with Crippen LogP contribution >= 0.6 is 0 Å². The average molecular weight is 403 g/mol. The summed E-state index contributed by atoms with van der Waals surface area (Å²) in [5, 5.41) is 0. The Balaban J connectivity index is 1.36. The smallest absolute Gasteiger partial charge is 0.123 e. The highest BCUT2D eigenvalue weighted by molar-refractivity contribution is 5.70. The molecule has 1 saturated heterocycles. The van der Waals surface area contributed by atoms with E-state index in [9.17, 15) is 4.39 Å². The molecule has 0 bridgehead atoms. The lowest BCUT2D eigenvalue weighted by Crippen LogP contribution is -2.20. The van der Waals surface area contributed by atoms with Crippen LogP contribution in [0.3, 0.4) is 0 Å². The number of unbranched alkanes of at least 4 members (excludes halogenated alkanes) is 2. The van der Waals surface area contributed by atoms with Gasteiger partial charge in [-0.15, -0.1) is 0 Å². The van der Waals surface area contributed by atoms with Crippen molar-refractivity contribution in [2.75, 3.05) is 6.61 Å². The van der Waals surface area contributed by atoms with E-state index < -0.39 is 0 Å². The van der Waals surface area contributed by atoms with Crippen molar-refractivity contribution in [1.82, 2.24) is 0 Å². The van der Waals surface area contributed by atoms with Gasteiger partial charge in [-0.1, -0.05) is 86.8 Å². The molecule has 0 aromatic heterocycles. The maximum atomic E-state index is 13.1. The molecule has 0 spiro atoms. The standard InChI is InChI=1S/C28H31FO/c1-2-3-4-5-21-6-19-28(30-20-21)26-13-11-24(12-14-26)22-7-9-23(10-8-22)25-15-17-27(29)18-16-25/h7-18,21,28H,2-6,19-20H2,1H3. The first-order valence-corrected chi connectivity index (χ1v) is 11.3. The maximum Gasteiger partial charge on any atom is 0.123 e. The minimum absolute atomic E-state index is 0.204. The Bertz CT molecular complexity index is 904. The van der Waals surface area contributed by atoms with Crippen molar-refractivity contribution in [2.24, 2.45) is 5.92 Å². The molecule has 1 fully saturated rings. The van der Waals surface area contributed by atoms with Gasteiger partial charge in [0.1, 0.15) is 5.82 Å². The summed E-state index contributed by atoms with van der Waals surface area (Å²) in [6.07, 6.45) is 7.92. The quantitative estimate of drug-likeness (QED) is 0.362. The van der Waals surface area contributed by atoms with E-state index in [1.165, 1.54) is 60.9 Å². The minimum Gasteiger partial charge on any atom is -0.373 e. The number of benzene rings is 3. The van der Waals surface area contributed by atoms with Crippen LogP contribution in [0.25, 0.3) is 22.3 Å². The number of ether oxygens (including phenoxy) is 1. The van der Waals surface area contributed by atoms with Crippen LogP contribution in [0.15, 0.2) is 72.8 Å². The van der Waals surface area contributed by atoms with Crippen molar-refractivity contribution >= 4 is 0 Å². The predicted molar refractivity (Wildman–Crippen MR) is 123 cm³/mol. The zero-order chi connectivity index (χ0) is 20.8. The van der Waals surface area contributed by atoms with Crippen molar-refractivity contribution < 1.29 is 9.13 Å². The fourth-order valence-corrected chi connectivity index (χ4v) is 4.37. The second kappa shape index (κ2) is 10.0. The summed E-state index contributed by atoms with van der Waals surface area (Å²) in [5.74, 6) is 0.538. The Morgan fingerprint density at radius 2 is 1.27 bits per heavy atom. The third kappa shape index (κ3) is 5.17. The van der Waals surface area contributed by atoms with Gasteiger partial charge in [-0.2, -0.15) is 0 Å². The predicted octanol–water partition coefficient (Wildman–Crippen LogP) is 8.21. The number of rotatable bonds is 7. The molecule has 1 aliphatic rings. The molecule has 0 amide bonds. The first kappa shape index (κ1) is 20.8. The van der Waals surface area contributed by atoms with Crippen LogP contribution in [0.2, 0.25) is 0 Å². The Morgan fingerprint density at radius 1 is 0.733 bits per heavy atom. The third-order valence-electron chi connectivity index (χ3n) is 6.26. The van der Waals surface area contributed by atoms with E-state index in [1.807, 2.05) is 12.1 Å². The molecular formula is C28H31FO. The number of hydrogen-bond donors (Lipinski definition) is 0. The summed E-state index contributed by atoms with van der Waals surface area (Å²) in [5.41, 5.74) is 5.81. The van der Waals surface area contributed by atoms with Crippen LogP contribution < -0.4 is 0 Å². The topological polar surface area (TPSA) is 9.23 Å². The summed E-state index contributed by atoms with van der Waals surface area (Å²) in [7, 11) is 0. The fraction of sp³-hybridized carbons (Fsp3) is 0.357. The summed E-state index contributed by atoms with van der Waals surface area (Å²) in [6.45, 7) is 3.16. The molecule has 2 unspecified atom stereocenters. The average Bonchev–Trinajstić information content (AvgIpc) is 2.81. The van der Waals surface area contributed by atoms with Crippen molar-refractivity contribution in [3.8, 4) is 22.3 Å². The van der Waals surface area contributed by atoms with Crippen LogP contribution in [0, 0.1) is 11.7 Å². The molecule has 2 heteroatoms. The Morgan fingerprint density at radius 3 is 1.77 bits per heavy atom. The highest BCUT2D eigenvalue weighted by Gasteiger charge is 2.22. The van der Waals surface area contributed by atoms with Gasteiger partial charge in [0.15, 0.2) is 0 Å². The van der Waals surface area contributed by atoms with E-state index >= 15 is 0 Å². The van der Waals surface area contributed by atoms with Gasteiger partial charge in [0.05, 0.1) is 12.7 Å². The van der Waals surface area contributed by atoms with Crippen molar-refractivity contribution in [2.45, 2.75) is 51.6 Å². The number of halogens is 1. The van der Waals surface area contributed by atoms with Crippen LogP contribution in [0.1, 0.15) is 57.1 Å². The molecule has 0 saturated carbocycles. The van der Waals surface area contributed by atoms with Crippen molar-refractivity contribution in [3.63, 3.8) is 0 Å². The summed E-state index contributed by atoms with van der Waals surface area (Å²) < 4.78 is 19.3. The minimum atomic E-state index is -0.204. The van der Waals surface area contributed by atoms with Gasteiger partial charge < -0.3 is 4.74 Å². The molecule has 1 aliphatic heterocycles. The van der Waals surface area contributed by atoms with Gasteiger partial charge in [0.2, 0.25) is 0 Å². The summed E-state index contributed by atoms with van der Waals surface area (Å²) >= 11 is 0. The van der Waals surface area contributed by atoms with E-state index in [0.29, 0.717) is 0 Å². The summed E-state index contributed by atoms with van der Waals surface area (Å²) in [4.78, 5) is 0. The van der Waals surface area contributed by atoms with Gasteiger partial charge in [-0.05, 0) is 65.1 Å². The monoisotopic (exact) mass is 402 g/mol. The normalized spacial score (nSPS) is 19.0. The highest BCUT2D eigenvalue weighted by atomic mass is 19.1. The molecule has 0 N–H and O–H groups in total.